The topological polar surface area (TPSA) is 110 Å². The summed E-state index contributed by atoms with van der Waals surface area (Å²) in [5, 5.41) is 8.98. The molecule has 0 aliphatic heterocycles. The molecule has 1 unspecified atom stereocenters. The summed E-state index contributed by atoms with van der Waals surface area (Å²) in [5.41, 5.74) is 0.732. The number of rotatable bonds is 4. The largest absolute Gasteiger partial charge is 0.481 e. The highest BCUT2D eigenvalue weighted by atomic mass is 16.5. The Morgan fingerprint density at radius 2 is 1.60 bits per heavy atom. The standard InChI is InChI=1S/C15H14O3.2H2O/c1-11(15(16)17)12-6-5-9-14(10-12)18-13-7-3-2-4-8-13;;/h2-11H,1H3,(H,16,17);2*1H2. The summed E-state index contributed by atoms with van der Waals surface area (Å²) in [7, 11) is 0. The molecule has 2 aromatic rings. The monoisotopic (exact) mass is 278 g/mol. The van der Waals surface area contributed by atoms with Crippen molar-refractivity contribution in [3.8, 4) is 11.5 Å². The summed E-state index contributed by atoms with van der Waals surface area (Å²) < 4.78 is 5.66. The van der Waals surface area contributed by atoms with Crippen LogP contribution in [0.3, 0.4) is 0 Å². The third-order valence-corrected chi connectivity index (χ3v) is 2.71. The van der Waals surface area contributed by atoms with Gasteiger partial charge in [0.15, 0.2) is 0 Å². The van der Waals surface area contributed by atoms with Crippen molar-refractivity contribution in [2.24, 2.45) is 0 Å². The van der Waals surface area contributed by atoms with E-state index in [0.29, 0.717) is 5.75 Å². The second-order valence-corrected chi connectivity index (χ2v) is 4.05. The predicted molar refractivity (Wildman–Crippen MR) is 76.2 cm³/mol. The third-order valence-electron chi connectivity index (χ3n) is 2.71. The Balaban J connectivity index is 0.00000180. The van der Waals surface area contributed by atoms with E-state index in [1.54, 1.807) is 25.1 Å². The number of para-hydroxylation sites is 1. The van der Waals surface area contributed by atoms with E-state index in [0.717, 1.165) is 11.3 Å². The molecule has 1 atom stereocenters. The highest BCUT2D eigenvalue weighted by Crippen LogP contribution is 2.25. The zero-order valence-electron chi connectivity index (χ0n) is 11.0. The fraction of sp³-hybridized carbons (Fsp3) is 0.133. The lowest BCUT2D eigenvalue weighted by Crippen LogP contribution is -2.07. The van der Waals surface area contributed by atoms with Crippen LogP contribution >= 0.6 is 0 Å². The molecule has 0 spiro atoms. The highest BCUT2D eigenvalue weighted by molar-refractivity contribution is 5.75. The Kier molecular flexibility index (Phi) is 6.99. The molecule has 5 nitrogen and oxygen atoms in total. The molecule has 0 fully saturated rings. The van der Waals surface area contributed by atoms with E-state index in [1.165, 1.54) is 0 Å². The molecule has 2 rings (SSSR count). The van der Waals surface area contributed by atoms with E-state index < -0.39 is 11.9 Å². The van der Waals surface area contributed by atoms with Gasteiger partial charge in [0, 0.05) is 0 Å². The molecule has 5 N–H and O–H groups in total. The first-order valence-electron chi connectivity index (χ1n) is 5.72. The van der Waals surface area contributed by atoms with Gasteiger partial charge in [-0.15, -0.1) is 0 Å². The molecule has 0 aromatic heterocycles. The highest BCUT2D eigenvalue weighted by Gasteiger charge is 2.13. The first kappa shape index (κ1) is 17.6. The average Bonchev–Trinajstić information content (AvgIpc) is 2.39. The van der Waals surface area contributed by atoms with Crippen LogP contribution in [-0.4, -0.2) is 22.0 Å². The van der Waals surface area contributed by atoms with Crippen molar-refractivity contribution >= 4 is 5.97 Å². The number of aliphatic carboxylic acids is 1. The first-order valence-corrected chi connectivity index (χ1v) is 5.72. The molecule has 0 aliphatic rings. The Morgan fingerprint density at radius 1 is 1.00 bits per heavy atom. The maximum atomic E-state index is 10.9. The molecule has 2 aromatic carbocycles. The molecule has 20 heavy (non-hydrogen) atoms. The Hall–Kier alpha value is -2.37. The van der Waals surface area contributed by atoms with E-state index in [2.05, 4.69) is 0 Å². The van der Waals surface area contributed by atoms with Gasteiger partial charge >= 0.3 is 5.97 Å². The molecule has 0 amide bonds. The van der Waals surface area contributed by atoms with Crippen LogP contribution in [0.15, 0.2) is 54.6 Å². The summed E-state index contributed by atoms with van der Waals surface area (Å²) in [6, 6.07) is 16.6. The second kappa shape index (κ2) is 7.93. The molecule has 0 heterocycles. The Morgan fingerprint density at radius 3 is 2.20 bits per heavy atom. The fourth-order valence-corrected chi connectivity index (χ4v) is 1.61. The Labute approximate surface area is 117 Å². The normalized spacial score (nSPS) is 10.7. The van der Waals surface area contributed by atoms with Crippen LogP contribution in [0, 0.1) is 0 Å². The maximum absolute atomic E-state index is 10.9. The van der Waals surface area contributed by atoms with Crippen molar-refractivity contribution in [3.63, 3.8) is 0 Å². The smallest absolute Gasteiger partial charge is 0.310 e. The number of benzene rings is 2. The van der Waals surface area contributed by atoms with Crippen LogP contribution in [0.1, 0.15) is 18.4 Å². The van der Waals surface area contributed by atoms with Gasteiger partial charge in [-0.05, 0) is 36.8 Å². The molecular formula is C15H18O5. The minimum atomic E-state index is -0.841. The van der Waals surface area contributed by atoms with Crippen LogP contribution in [0.4, 0.5) is 0 Å². The summed E-state index contributed by atoms with van der Waals surface area (Å²) in [5.74, 6) is 0.000567. The van der Waals surface area contributed by atoms with Crippen molar-refractivity contribution in [1.29, 1.82) is 0 Å². The van der Waals surface area contributed by atoms with Crippen molar-refractivity contribution in [2.45, 2.75) is 12.8 Å². The van der Waals surface area contributed by atoms with E-state index in [-0.39, 0.29) is 11.0 Å². The van der Waals surface area contributed by atoms with Crippen LogP contribution in [0.5, 0.6) is 11.5 Å². The molecule has 0 bridgehead atoms. The maximum Gasteiger partial charge on any atom is 0.310 e. The molecule has 0 saturated carbocycles. The van der Waals surface area contributed by atoms with Gasteiger partial charge in [0.1, 0.15) is 11.5 Å². The summed E-state index contributed by atoms with van der Waals surface area (Å²) in [6.45, 7) is 1.66. The summed E-state index contributed by atoms with van der Waals surface area (Å²) >= 11 is 0. The van der Waals surface area contributed by atoms with Gasteiger partial charge in [0.25, 0.3) is 0 Å². The Bertz CT molecular complexity index is 539. The van der Waals surface area contributed by atoms with Crippen LogP contribution < -0.4 is 4.74 Å². The molecule has 0 radical (unpaired) electrons. The molecular weight excluding hydrogens is 260 g/mol. The lowest BCUT2D eigenvalue weighted by Gasteiger charge is -2.10. The molecule has 108 valence electrons. The number of ether oxygens (including phenoxy) is 1. The minimum absolute atomic E-state index is 0. The van der Waals surface area contributed by atoms with Crippen molar-refractivity contribution in [2.75, 3.05) is 0 Å². The summed E-state index contributed by atoms with van der Waals surface area (Å²) in [6.07, 6.45) is 0. The SMILES string of the molecule is CC(C(=O)O)c1cccc(Oc2ccccc2)c1.O.O. The van der Waals surface area contributed by atoms with Crippen LogP contribution in [-0.2, 0) is 4.79 Å². The van der Waals surface area contributed by atoms with Gasteiger partial charge in [-0.2, -0.15) is 0 Å². The third kappa shape index (κ3) is 4.38. The van der Waals surface area contributed by atoms with Gasteiger partial charge in [-0.1, -0.05) is 30.3 Å². The first-order chi connectivity index (χ1) is 8.66. The predicted octanol–water partition coefficient (Wildman–Crippen LogP) is 2.02. The minimum Gasteiger partial charge on any atom is -0.481 e. The fourth-order valence-electron chi connectivity index (χ4n) is 1.61. The van der Waals surface area contributed by atoms with E-state index in [9.17, 15) is 4.79 Å². The molecule has 0 saturated heterocycles. The van der Waals surface area contributed by atoms with Gasteiger partial charge < -0.3 is 20.8 Å². The quantitative estimate of drug-likeness (QED) is 0.923. The number of carbonyl (C=O) groups is 1. The number of hydrogen-bond donors (Lipinski definition) is 1. The lowest BCUT2D eigenvalue weighted by atomic mass is 10.0. The number of carboxylic acids is 1. The lowest BCUT2D eigenvalue weighted by molar-refractivity contribution is -0.138. The van der Waals surface area contributed by atoms with Crippen LogP contribution in [0.25, 0.3) is 0 Å². The summed E-state index contributed by atoms with van der Waals surface area (Å²) in [4.78, 5) is 10.9. The van der Waals surface area contributed by atoms with Gasteiger partial charge in [-0.25, -0.2) is 0 Å². The van der Waals surface area contributed by atoms with E-state index >= 15 is 0 Å². The van der Waals surface area contributed by atoms with Crippen LogP contribution in [0.2, 0.25) is 0 Å². The van der Waals surface area contributed by atoms with Gasteiger partial charge in [-0.3, -0.25) is 4.79 Å². The van der Waals surface area contributed by atoms with Gasteiger partial charge in [0.2, 0.25) is 0 Å². The second-order valence-electron chi connectivity index (χ2n) is 4.05. The zero-order chi connectivity index (χ0) is 13.0. The van der Waals surface area contributed by atoms with Crippen molar-refractivity contribution in [1.82, 2.24) is 0 Å². The zero-order valence-corrected chi connectivity index (χ0v) is 11.0. The number of carboxylic acid groups (broad SMARTS) is 1. The number of hydrogen-bond acceptors (Lipinski definition) is 2. The molecule has 0 aliphatic carbocycles. The van der Waals surface area contributed by atoms with Gasteiger partial charge in [0.05, 0.1) is 5.92 Å². The van der Waals surface area contributed by atoms with Crippen molar-refractivity contribution < 1.29 is 25.6 Å². The van der Waals surface area contributed by atoms with E-state index in [1.807, 2.05) is 36.4 Å². The van der Waals surface area contributed by atoms with E-state index in [4.69, 9.17) is 9.84 Å². The average molecular weight is 278 g/mol. The molecule has 5 heteroatoms. The van der Waals surface area contributed by atoms with Crippen molar-refractivity contribution in [3.05, 3.63) is 60.2 Å².